The molecule has 1 aromatic heterocycles. The molecule has 1 fully saturated rings. The molecule has 0 amide bonds. The number of aromatic nitrogens is 3. The molecule has 22 heavy (non-hydrogen) atoms. The van der Waals surface area contributed by atoms with Crippen molar-refractivity contribution in [2.45, 2.75) is 70.4 Å². The summed E-state index contributed by atoms with van der Waals surface area (Å²) in [5, 5.41) is 14.8. The number of rotatable bonds is 2. The molecule has 5 nitrogen and oxygen atoms in total. The summed E-state index contributed by atoms with van der Waals surface area (Å²) < 4.78 is 5.86. The Morgan fingerprint density at radius 2 is 1.50 bits per heavy atom. The summed E-state index contributed by atoms with van der Waals surface area (Å²) in [6.45, 7) is 0.939. The molecule has 7 heteroatoms. The van der Waals surface area contributed by atoms with Crippen LogP contribution in [0.3, 0.4) is 0 Å². The van der Waals surface area contributed by atoms with Crippen molar-refractivity contribution in [1.29, 1.82) is 0 Å². The third kappa shape index (κ3) is 6.23. The van der Waals surface area contributed by atoms with E-state index in [1.165, 1.54) is 44.9 Å². The summed E-state index contributed by atoms with van der Waals surface area (Å²) in [6.07, 6.45) is 12.3. The standard InChI is InChI=1S/C15H24Cl2N4O/c16-13-14(17)19-21-20-15(13)22-12-10-8-6-4-2-1-3-5-7-9-11-18-12/h12,18H,1-11H2. The Morgan fingerprint density at radius 3 is 2.23 bits per heavy atom. The Hall–Kier alpha value is -0.650. The monoisotopic (exact) mass is 346 g/mol. The van der Waals surface area contributed by atoms with Crippen molar-refractivity contribution in [2.24, 2.45) is 0 Å². The van der Waals surface area contributed by atoms with Crippen molar-refractivity contribution >= 4 is 23.2 Å². The maximum atomic E-state index is 6.06. The molecule has 2 heterocycles. The number of ether oxygens (including phenoxy) is 1. The second-order valence-corrected chi connectivity index (χ2v) is 6.47. The van der Waals surface area contributed by atoms with Gasteiger partial charge in [0.05, 0.1) is 0 Å². The highest BCUT2D eigenvalue weighted by atomic mass is 35.5. The Bertz CT molecular complexity index is 434. The topological polar surface area (TPSA) is 59.9 Å². The molecule has 1 atom stereocenters. The van der Waals surface area contributed by atoms with Crippen LogP contribution in [0.5, 0.6) is 5.88 Å². The minimum absolute atomic E-state index is 0.106. The summed E-state index contributed by atoms with van der Waals surface area (Å²) >= 11 is 11.9. The van der Waals surface area contributed by atoms with E-state index in [4.69, 9.17) is 27.9 Å². The molecule has 1 N–H and O–H groups in total. The van der Waals surface area contributed by atoms with Gasteiger partial charge in [0.15, 0.2) is 11.4 Å². The minimum Gasteiger partial charge on any atom is -0.456 e. The maximum absolute atomic E-state index is 6.06. The van der Waals surface area contributed by atoms with E-state index >= 15 is 0 Å². The second-order valence-electron chi connectivity index (χ2n) is 5.73. The van der Waals surface area contributed by atoms with Gasteiger partial charge in [0.2, 0.25) is 0 Å². The average molecular weight is 347 g/mol. The van der Waals surface area contributed by atoms with Crippen LogP contribution in [-0.2, 0) is 0 Å². The van der Waals surface area contributed by atoms with Crippen LogP contribution < -0.4 is 10.1 Å². The Balaban J connectivity index is 1.91. The molecule has 1 unspecified atom stereocenters. The smallest absolute Gasteiger partial charge is 0.259 e. The number of hydrogen-bond acceptors (Lipinski definition) is 5. The maximum Gasteiger partial charge on any atom is 0.259 e. The van der Waals surface area contributed by atoms with Crippen LogP contribution in [-0.4, -0.2) is 28.2 Å². The van der Waals surface area contributed by atoms with Gasteiger partial charge in [-0.25, -0.2) is 0 Å². The zero-order chi connectivity index (χ0) is 15.6. The van der Waals surface area contributed by atoms with E-state index in [-0.39, 0.29) is 22.3 Å². The highest BCUT2D eigenvalue weighted by molar-refractivity contribution is 6.41. The van der Waals surface area contributed by atoms with Crippen molar-refractivity contribution in [2.75, 3.05) is 6.54 Å². The Morgan fingerprint density at radius 1 is 0.864 bits per heavy atom. The summed E-state index contributed by atoms with van der Waals surface area (Å²) in [5.41, 5.74) is 0. The van der Waals surface area contributed by atoms with Gasteiger partial charge in [-0.3, -0.25) is 5.32 Å². The van der Waals surface area contributed by atoms with E-state index in [0.29, 0.717) is 0 Å². The van der Waals surface area contributed by atoms with Gasteiger partial charge in [-0.05, 0) is 31.0 Å². The molecule has 0 bridgehead atoms. The highest BCUT2D eigenvalue weighted by Crippen LogP contribution is 2.27. The van der Waals surface area contributed by atoms with Gasteiger partial charge in [-0.2, -0.15) is 0 Å². The van der Waals surface area contributed by atoms with E-state index in [2.05, 4.69) is 20.7 Å². The second kappa shape index (κ2) is 10.2. The van der Waals surface area contributed by atoms with Crippen LogP contribution in [0.25, 0.3) is 0 Å². The first-order valence-corrected chi connectivity index (χ1v) is 8.97. The highest BCUT2D eigenvalue weighted by Gasteiger charge is 2.16. The zero-order valence-electron chi connectivity index (χ0n) is 12.9. The minimum atomic E-state index is -0.106. The third-order valence-electron chi connectivity index (χ3n) is 3.91. The third-order valence-corrected chi connectivity index (χ3v) is 4.61. The first-order valence-electron chi connectivity index (χ1n) is 8.22. The lowest BCUT2D eigenvalue weighted by atomic mass is 10.1. The summed E-state index contributed by atoms with van der Waals surface area (Å²) in [5.74, 6) is 0.253. The van der Waals surface area contributed by atoms with Crippen LogP contribution in [0.1, 0.15) is 64.2 Å². The molecule has 1 aliphatic heterocycles. The molecular weight excluding hydrogens is 323 g/mol. The quantitative estimate of drug-likeness (QED) is 0.860. The average Bonchev–Trinajstić information content (AvgIpc) is 2.54. The van der Waals surface area contributed by atoms with Crippen LogP contribution in [0.4, 0.5) is 0 Å². The van der Waals surface area contributed by atoms with Crippen LogP contribution in [0.2, 0.25) is 10.2 Å². The van der Waals surface area contributed by atoms with Crippen LogP contribution in [0, 0.1) is 0 Å². The number of hydrogen-bond donors (Lipinski definition) is 1. The number of halogens is 2. The van der Waals surface area contributed by atoms with Gasteiger partial charge in [-0.15, -0.1) is 5.10 Å². The predicted molar refractivity (Wildman–Crippen MR) is 88.4 cm³/mol. The van der Waals surface area contributed by atoms with Crippen molar-refractivity contribution in [1.82, 2.24) is 20.7 Å². The van der Waals surface area contributed by atoms with E-state index in [1.54, 1.807) is 0 Å². The fourth-order valence-corrected chi connectivity index (χ4v) is 2.88. The molecule has 0 spiro atoms. The van der Waals surface area contributed by atoms with Gasteiger partial charge in [0.1, 0.15) is 5.02 Å². The van der Waals surface area contributed by atoms with Crippen LogP contribution in [0.15, 0.2) is 0 Å². The lowest BCUT2D eigenvalue weighted by molar-refractivity contribution is 0.141. The van der Waals surface area contributed by atoms with E-state index in [0.717, 1.165) is 25.8 Å². The molecule has 1 saturated heterocycles. The zero-order valence-corrected chi connectivity index (χ0v) is 14.4. The van der Waals surface area contributed by atoms with Gasteiger partial charge >= 0.3 is 0 Å². The van der Waals surface area contributed by atoms with Gasteiger partial charge in [0, 0.05) is 0 Å². The normalized spacial score (nSPS) is 22.2. The first-order chi connectivity index (χ1) is 10.8. The Kier molecular flexibility index (Phi) is 8.20. The van der Waals surface area contributed by atoms with Gasteiger partial charge < -0.3 is 4.74 Å². The first kappa shape index (κ1) is 17.7. The molecule has 2 rings (SSSR count). The van der Waals surface area contributed by atoms with Gasteiger partial charge in [0.25, 0.3) is 5.88 Å². The molecule has 0 radical (unpaired) electrons. The largest absolute Gasteiger partial charge is 0.456 e. The molecule has 124 valence electrons. The van der Waals surface area contributed by atoms with Crippen LogP contribution >= 0.6 is 23.2 Å². The van der Waals surface area contributed by atoms with E-state index in [9.17, 15) is 0 Å². The van der Waals surface area contributed by atoms with Crippen molar-refractivity contribution in [3.05, 3.63) is 10.2 Å². The molecule has 1 aliphatic rings. The number of nitrogens with zero attached hydrogens (tertiary/aromatic N) is 3. The lowest BCUT2D eigenvalue weighted by Gasteiger charge is -2.20. The molecule has 1 aromatic rings. The van der Waals surface area contributed by atoms with Crippen molar-refractivity contribution in [3.8, 4) is 5.88 Å². The molecular formula is C15H24Cl2N4O. The Labute approximate surface area is 142 Å². The summed E-state index contributed by atoms with van der Waals surface area (Å²) in [6, 6.07) is 0. The van der Waals surface area contributed by atoms with Crippen molar-refractivity contribution in [3.63, 3.8) is 0 Å². The fraction of sp³-hybridized carbons (Fsp3) is 0.800. The lowest BCUT2D eigenvalue weighted by Crippen LogP contribution is -2.35. The number of nitrogens with one attached hydrogen (secondary N) is 1. The summed E-state index contributed by atoms with van der Waals surface area (Å²) in [4.78, 5) is 0. The molecule has 0 saturated carbocycles. The fourth-order valence-electron chi connectivity index (χ4n) is 2.65. The SMILES string of the molecule is Clc1nnnc(OC2CCCCCCCCCCCN2)c1Cl. The summed E-state index contributed by atoms with van der Waals surface area (Å²) in [7, 11) is 0. The predicted octanol–water partition coefficient (Wildman–Crippen LogP) is 4.39. The van der Waals surface area contributed by atoms with Gasteiger partial charge in [-0.1, -0.05) is 73.2 Å². The van der Waals surface area contributed by atoms with Crippen molar-refractivity contribution < 1.29 is 4.74 Å². The molecule has 0 aromatic carbocycles. The molecule has 0 aliphatic carbocycles. The van der Waals surface area contributed by atoms with E-state index < -0.39 is 0 Å². The van der Waals surface area contributed by atoms with E-state index in [1.807, 2.05) is 0 Å².